The molecule has 0 saturated heterocycles. The third-order valence-electron chi connectivity index (χ3n) is 3.02. The number of hydrogen-bond acceptors (Lipinski definition) is 3. The third-order valence-corrected chi connectivity index (χ3v) is 3.02. The van der Waals surface area contributed by atoms with Crippen molar-refractivity contribution in [2.75, 3.05) is 7.11 Å². The van der Waals surface area contributed by atoms with E-state index in [9.17, 15) is 5.26 Å². The number of methoxy groups -OCH3 is 1. The van der Waals surface area contributed by atoms with Crippen molar-refractivity contribution in [1.82, 2.24) is 9.78 Å². The Balaban J connectivity index is 2.45. The highest BCUT2D eigenvalue weighted by molar-refractivity contribution is 5.68. The Labute approximate surface area is 113 Å². The van der Waals surface area contributed by atoms with Gasteiger partial charge in [0, 0.05) is 18.3 Å². The number of aryl methyl sites for hydroxylation is 2. The molecule has 0 amide bonds. The zero-order valence-electron chi connectivity index (χ0n) is 11.5. The minimum atomic E-state index is 0.556. The first-order chi connectivity index (χ1) is 9.19. The topological polar surface area (TPSA) is 50.8 Å². The fourth-order valence-corrected chi connectivity index (χ4v) is 2.16. The summed E-state index contributed by atoms with van der Waals surface area (Å²) in [5.74, 6) is 0.646. The summed E-state index contributed by atoms with van der Waals surface area (Å²) in [6.45, 7) is 4.96. The molecule has 0 saturated carbocycles. The summed E-state index contributed by atoms with van der Waals surface area (Å²) in [5, 5.41) is 13.5. The lowest BCUT2D eigenvalue weighted by Gasteiger charge is -2.08. The average molecular weight is 255 g/mol. The Morgan fingerprint density at radius 3 is 2.79 bits per heavy atom. The summed E-state index contributed by atoms with van der Waals surface area (Å²) in [7, 11) is 1.59. The molecule has 0 atom stereocenters. The average Bonchev–Trinajstić information content (AvgIpc) is 2.86. The summed E-state index contributed by atoms with van der Waals surface area (Å²) in [6, 6.07) is 6.04. The van der Waals surface area contributed by atoms with Crippen molar-refractivity contribution < 1.29 is 4.74 Å². The predicted octanol–water partition coefficient (Wildman–Crippen LogP) is 3.15. The summed E-state index contributed by atoms with van der Waals surface area (Å²) in [4.78, 5) is 0. The van der Waals surface area contributed by atoms with Crippen LogP contribution in [0.5, 0.6) is 5.75 Å². The molecule has 0 aliphatic heterocycles. The van der Waals surface area contributed by atoms with Crippen molar-refractivity contribution in [2.24, 2.45) is 0 Å². The molecule has 0 aliphatic rings. The second-order valence-corrected chi connectivity index (χ2v) is 4.48. The van der Waals surface area contributed by atoms with Crippen molar-refractivity contribution in [1.29, 1.82) is 5.26 Å². The van der Waals surface area contributed by atoms with Gasteiger partial charge in [-0.05, 0) is 36.6 Å². The van der Waals surface area contributed by atoms with Gasteiger partial charge in [0.15, 0.2) is 0 Å². The molecule has 2 rings (SSSR count). The number of nitriles is 1. The predicted molar refractivity (Wildman–Crippen MR) is 74.0 cm³/mol. The van der Waals surface area contributed by atoms with Crippen LogP contribution in [-0.2, 0) is 6.54 Å². The van der Waals surface area contributed by atoms with E-state index in [1.807, 2.05) is 36.1 Å². The van der Waals surface area contributed by atoms with Crippen LogP contribution in [0.15, 0.2) is 24.5 Å². The highest BCUT2D eigenvalue weighted by Crippen LogP contribution is 2.29. The van der Waals surface area contributed by atoms with Crippen LogP contribution in [0.4, 0.5) is 0 Å². The van der Waals surface area contributed by atoms with E-state index in [0.29, 0.717) is 11.3 Å². The lowest BCUT2D eigenvalue weighted by atomic mass is 10.0. The molecule has 1 heterocycles. The first-order valence-corrected chi connectivity index (χ1v) is 6.31. The van der Waals surface area contributed by atoms with Gasteiger partial charge >= 0.3 is 0 Å². The van der Waals surface area contributed by atoms with Crippen LogP contribution in [0.25, 0.3) is 11.1 Å². The van der Waals surface area contributed by atoms with Gasteiger partial charge in [-0.15, -0.1) is 0 Å². The van der Waals surface area contributed by atoms with Gasteiger partial charge in [-0.2, -0.15) is 10.4 Å². The van der Waals surface area contributed by atoms with E-state index in [0.717, 1.165) is 29.7 Å². The zero-order valence-corrected chi connectivity index (χ0v) is 11.5. The minimum Gasteiger partial charge on any atom is -0.495 e. The molecule has 1 aromatic heterocycles. The summed E-state index contributed by atoms with van der Waals surface area (Å²) >= 11 is 0. The first kappa shape index (κ1) is 13.2. The second kappa shape index (κ2) is 5.57. The van der Waals surface area contributed by atoms with Crippen LogP contribution in [-0.4, -0.2) is 16.9 Å². The van der Waals surface area contributed by atoms with Crippen LogP contribution in [0.2, 0.25) is 0 Å². The maximum absolute atomic E-state index is 9.18. The molecule has 4 heteroatoms. The van der Waals surface area contributed by atoms with Crippen LogP contribution in [0.3, 0.4) is 0 Å². The largest absolute Gasteiger partial charge is 0.495 e. The number of aromatic nitrogens is 2. The molecular weight excluding hydrogens is 238 g/mol. The number of hydrogen-bond donors (Lipinski definition) is 0. The Hall–Kier alpha value is -2.28. The maximum atomic E-state index is 9.18. The molecule has 98 valence electrons. The monoisotopic (exact) mass is 255 g/mol. The van der Waals surface area contributed by atoms with Crippen molar-refractivity contribution in [3.8, 4) is 22.9 Å². The molecule has 0 bridgehead atoms. The molecule has 0 unspecified atom stereocenters. The van der Waals surface area contributed by atoms with Gasteiger partial charge in [0.05, 0.1) is 18.9 Å². The van der Waals surface area contributed by atoms with E-state index in [1.54, 1.807) is 7.11 Å². The van der Waals surface area contributed by atoms with E-state index in [2.05, 4.69) is 18.1 Å². The SMILES string of the molecule is CCCn1cc(-c2cc(C)c(OC)c(C#N)c2)cn1. The summed E-state index contributed by atoms with van der Waals surface area (Å²) in [5.41, 5.74) is 3.54. The Morgan fingerprint density at radius 2 is 2.16 bits per heavy atom. The fraction of sp³-hybridized carbons (Fsp3) is 0.333. The van der Waals surface area contributed by atoms with Crippen LogP contribution in [0, 0.1) is 18.3 Å². The molecule has 0 spiro atoms. The molecule has 2 aromatic rings. The van der Waals surface area contributed by atoms with E-state index in [1.165, 1.54) is 0 Å². The molecule has 1 aromatic carbocycles. The van der Waals surface area contributed by atoms with E-state index in [-0.39, 0.29) is 0 Å². The second-order valence-electron chi connectivity index (χ2n) is 4.48. The van der Waals surface area contributed by atoms with Gasteiger partial charge in [0.25, 0.3) is 0 Å². The first-order valence-electron chi connectivity index (χ1n) is 6.31. The number of benzene rings is 1. The summed E-state index contributed by atoms with van der Waals surface area (Å²) in [6.07, 6.45) is 4.89. The maximum Gasteiger partial charge on any atom is 0.139 e. The van der Waals surface area contributed by atoms with E-state index >= 15 is 0 Å². The van der Waals surface area contributed by atoms with Crippen LogP contribution >= 0.6 is 0 Å². The van der Waals surface area contributed by atoms with Crippen molar-refractivity contribution >= 4 is 0 Å². The molecule has 0 aliphatic carbocycles. The van der Waals surface area contributed by atoms with Gasteiger partial charge in [-0.3, -0.25) is 4.68 Å². The normalized spacial score (nSPS) is 10.2. The van der Waals surface area contributed by atoms with Gasteiger partial charge < -0.3 is 4.74 Å². The highest BCUT2D eigenvalue weighted by atomic mass is 16.5. The minimum absolute atomic E-state index is 0.556. The zero-order chi connectivity index (χ0) is 13.8. The van der Waals surface area contributed by atoms with Crippen molar-refractivity contribution in [3.05, 3.63) is 35.7 Å². The fourth-order valence-electron chi connectivity index (χ4n) is 2.16. The molecular formula is C15H17N3O. The van der Waals surface area contributed by atoms with Crippen molar-refractivity contribution in [2.45, 2.75) is 26.8 Å². The van der Waals surface area contributed by atoms with Gasteiger partial charge in [-0.1, -0.05) is 6.92 Å². The Kier molecular flexibility index (Phi) is 3.86. The molecule has 0 N–H and O–H groups in total. The van der Waals surface area contributed by atoms with Gasteiger partial charge in [0.1, 0.15) is 11.8 Å². The molecule has 19 heavy (non-hydrogen) atoms. The van der Waals surface area contributed by atoms with Gasteiger partial charge in [0.2, 0.25) is 0 Å². The lowest BCUT2D eigenvalue weighted by molar-refractivity contribution is 0.410. The Bertz CT molecular complexity index is 623. The van der Waals surface area contributed by atoms with Gasteiger partial charge in [-0.25, -0.2) is 0 Å². The van der Waals surface area contributed by atoms with Crippen LogP contribution < -0.4 is 4.74 Å². The quantitative estimate of drug-likeness (QED) is 0.843. The molecule has 0 radical (unpaired) electrons. The number of rotatable bonds is 4. The number of nitrogens with zero attached hydrogens (tertiary/aromatic N) is 3. The number of ether oxygens (including phenoxy) is 1. The van der Waals surface area contributed by atoms with E-state index in [4.69, 9.17) is 4.74 Å². The molecule has 0 fully saturated rings. The lowest BCUT2D eigenvalue weighted by Crippen LogP contribution is -1.95. The third kappa shape index (κ3) is 2.60. The standard InChI is InChI=1S/C15H17N3O/c1-4-5-18-10-14(9-17-18)12-6-11(2)15(19-3)13(7-12)8-16/h6-7,9-10H,4-5H2,1-3H3. The van der Waals surface area contributed by atoms with Crippen molar-refractivity contribution in [3.63, 3.8) is 0 Å². The Morgan fingerprint density at radius 1 is 1.37 bits per heavy atom. The van der Waals surface area contributed by atoms with E-state index < -0.39 is 0 Å². The smallest absolute Gasteiger partial charge is 0.139 e. The molecule has 4 nitrogen and oxygen atoms in total. The summed E-state index contributed by atoms with van der Waals surface area (Å²) < 4.78 is 7.18. The van der Waals surface area contributed by atoms with Crippen LogP contribution in [0.1, 0.15) is 24.5 Å². The highest BCUT2D eigenvalue weighted by Gasteiger charge is 2.10.